The molecule has 0 unspecified atom stereocenters. The van der Waals surface area contributed by atoms with Crippen molar-refractivity contribution in [2.45, 2.75) is 0 Å². The fraction of sp³-hybridized carbons (Fsp3) is 0. The van der Waals surface area contributed by atoms with Gasteiger partial charge in [0.05, 0.1) is 16.6 Å². The number of para-hydroxylation sites is 1. The first kappa shape index (κ1) is 18.3. The number of aromatic nitrogens is 2. The van der Waals surface area contributed by atoms with Crippen molar-refractivity contribution in [2.75, 3.05) is 0 Å². The lowest BCUT2D eigenvalue weighted by Gasteiger charge is -2.14. The van der Waals surface area contributed by atoms with Crippen LogP contribution in [0.3, 0.4) is 0 Å². The third-order valence-electron chi connectivity index (χ3n) is 5.13. The van der Waals surface area contributed by atoms with Crippen LogP contribution < -0.4 is 5.56 Å². The molecule has 5 aromatic rings. The molecule has 0 radical (unpaired) electrons. The molecule has 1 heterocycles. The third kappa shape index (κ3) is 3.19. The van der Waals surface area contributed by atoms with Crippen LogP contribution in [0, 0.1) is 0 Å². The molecule has 4 heteroatoms. The Balaban J connectivity index is 1.82. The van der Waals surface area contributed by atoms with E-state index < -0.39 is 0 Å². The number of rotatable bonds is 3. The zero-order valence-corrected chi connectivity index (χ0v) is 16.8. The minimum atomic E-state index is -0.101. The molecule has 30 heavy (non-hydrogen) atoms. The summed E-state index contributed by atoms with van der Waals surface area (Å²) in [6.45, 7) is 0. The summed E-state index contributed by atoms with van der Waals surface area (Å²) in [5, 5.41) is 3.29. The van der Waals surface area contributed by atoms with Gasteiger partial charge in [0.25, 0.3) is 5.56 Å². The van der Waals surface area contributed by atoms with Crippen molar-refractivity contribution in [3.8, 4) is 5.69 Å². The van der Waals surface area contributed by atoms with Crippen LogP contribution in [0.25, 0.3) is 39.5 Å². The lowest BCUT2D eigenvalue weighted by atomic mass is 10.1. The van der Waals surface area contributed by atoms with Crippen molar-refractivity contribution in [3.05, 3.63) is 118 Å². The van der Waals surface area contributed by atoms with Crippen LogP contribution in [-0.2, 0) is 0 Å². The van der Waals surface area contributed by atoms with Gasteiger partial charge in [-0.3, -0.25) is 9.36 Å². The minimum Gasteiger partial charge on any atom is -0.268 e. The van der Waals surface area contributed by atoms with E-state index in [1.54, 1.807) is 4.57 Å². The van der Waals surface area contributed by atoms with Crippen LogP contribution in [0.5, 0.6) is 0 Å². The highest BCUT2D eigenvalue weighted by molar-refractivity contribution is 6.32. The van der Waals surface area contributed by atoms with Crippen LogP contribution in [-0.4, -0.2) is 9.55 Å². The maximum absolute atomic E-state index is 13.5. The Labute approximate surface area is 178 Å². The van der Waals surface area contributed by atoms with E-state index in [1.165, 1.54) is 0 Å². The van der Waals surface area contributed by atoms with E-state index in [4.69, 9.17) is 16.6 Å². The number of hydrogen-bond acceptors (Lipinski definition) is 2. The van der Waals surface area contributed by atoms with E-state index in [0.717, 1.165) is 22.0 Å². The van der Waals surface area contributed by atoms with Gasteiger partial charge in [-0.15, -0.1) is 0 Å². The van der Waals surface area contributed by atoms with Crippen LogP contribution in [0.4, 0.5) is 0 Å². The van der Waals surface area contributed by atoms with Crippen LogP contribution >= 0.6 is 11.6 Å². The molecule has 4 aromatic carbocycles. The highest BCUT2D eigenvalue weighted by Gasteiger charge is 2.13. The summed E-state index contributed by atoms with van der Waals surface area (Å²) in [7, 11) is 0. The zero-order chi connectivity index (χ0) is 20.5. The molecule has 0 fully saturated rings. The summed E-state index contributed by atoms with van der Waals surface area (Å²) >= 11 is 6.31. The molecule has 0 aliphatic heterocycles. The molecule has 0 saturated carbocycles. The molecule has 1 aromatic heterocycles. The second-order valence-electron chi connectivity index (χ2n) is 6.98. The zero-order valence-electron chi connectivity index (χ0n) is 16.0. The van der Waals surface area contributed by atoms with Gasteiger partial charge in [0.1, 0.15) is 5.82 Å². The molecule has 0 bridgehead atoms. The normalized spacial score (nSPS) is 11.5. The van der Waals surface area contributed by atoms with E-state index in [9.17, 15) is 4.79 Å². The van der Waals surface area contributed by atoms with Gasteiger partial charge in [0, 0.05) is 10.4 Å². The molecule has 3 nitrogen and oxygen atoms in total. The number of benzene rings is 4. The summed E-state index contributed by atoms with van der Waals surface area (Å²) < 4.78 is 1.68. The maximum Gasteiger partial charge on any atom is 0.266 e. The standard InChI is InChI=1S/C26H17ClN2O/c27-22-13-5-2-9-19(22)16-17-25-28-23-14-6-4-12-21(23)26(30)29(25)24-15-7-10-18-8-1-3-11-20(18)24/h1-17H/b17-16+. The quantitative estimate of drug-likeness (QED) is 0.348. The fourth-order valence-electron chi connectivity index (χ4n) is 3.67. The lowest BCUT2D eigenvalue weighted by Crippen LogP contribution is -2.22. The van der Waals surface area contributed by atoms with Gasteiger partial charge in [-0.25, -0.2) is 4.98 Å². The molecular weight excluding hydrogens is 392 g/mol. The SMILES string of the molecule is O=c1c2ccccc2nc(/C=C/c2ccccc2Cl)n1-c1cccc2ccccc12. The van der Waals surface area contributed by atoms with Crippen molar-refractivity contribution >= 4 is 45.4 Å². The molecule has 0 atom stereocenters. The van der Waals surface area contributed by atoms with Gasteiger partial charge >= 0.3 is 0 Å². The Bertz CT molecular complexity index is 1480. The van der Waals surface area contributed by atoms with Gasteiger partial charge in [0.2, 0.25) is 0 Å². The highest BCUT2D eigenvalue weighted by Crippen LogP contribution is 2.24. The molecule has 0 aliphatic carbocycles. The first-order valence-electron chi connectivity index (χ1n) is 9.65. The molecular formula is C26H17ClN2O. The lowest BCUT2D eigenvalue weighted by molar-refractivity contribution is 0.952. The van der Waals surface area contributed by atoms with Crippen molar-refractivity contribution in [1.29, 1.82) is 0 Å². The van der Waals surface area contributed by atoms with E-state index in [-0.39, 0.29) is 5.56 Å². The monoisotopic (exact) mass is 408 g/mol. The van der Waals surface area contributed by atoms with Crippen LogP contribution in [0.1, 0.15) is 11.4 Å². The van der Waals surface area contributed by atoms with Crippen molar-refractivity contribution < 1.29 is 0 Å². The van der Waals surface area contributed by atoms with Gasteiger partial charge in [-0.2, -0.15) is 0 Å². The third-order valence-corrected chi connectivity index (χ3v) is 5.47. The predicted molar refractivity (Wildman–Crippen MR) is 125 cm³/mol. The Hall–Kier alpha value is -3.69. The number of fused-ring (bicyclic) bond motifs is 2. The van der Waals surface area contributed by atoms with Gasteiger partial charge in [-0.05, 0) is 47.4 Å². The Morgan fingerprint density at radius 3 is 2.30 bits per heavy atom. The van der Waals surface area contributed by atoms with Gasteiger partial charge in [0.15, 0.2) is 0 Å². The van der Waals surface area contributed by atoms with E-state index >= 15 is 0 Å². The minimum absolute atomic E-state index is 0.101. The topological polar surface area (TPSA) is 34.9 Å². The number of hydrogen-bond donors (Lipinski definition) is 0. The smallest absolute Gasteiger partial charge is 0.266 e. The van der Waals surface area contributed by atoms with Gasteiger partial charge < -0.3 is 0 Å². The Morgan fingerprint density at radius 2 is 1.43 bits per heavy atom. The Kier molecular flexibility index (Phi) is 4.66. The molecule has 0 spiro atoms. The Morgan fingerprint density at radius 1 is 0.733 bits per heavy atom. The van der Waals surface area contributed by atoms with Gasteiger partial charge in [-0.1, -0.05) is 78.3 Å². The van der Waals surface area contributed by atoms with E-state index in [0.29, 0.717) is 21.7 Å². The molecule has 5 rings (SSSR count). The molecule has 0 saturated heterocycles. The van der Waals surface area contributed by atoms with Crippen LogP contribution in [0.2, 0.25) is 5.02 Å². The first-order chi connectivity index (χ1) is 14.7. The summed E-state index contributed by atoms with van der Waals surface area (Å²) in [6, 6.07) is 29.0. The average molecular weight is 409 g/mol. The summed E-state index contributed by atoms with van der Waals surface area (Å²) in [5.41, 5.74) is 2.23. The van der Waals surface area contributed by atoms with E-state index in [1.807, 2.05) is 103 Å². The van der Waals surface area contributed by atoms with Crippen LogP contribution in [0.15, 0.2) is 95.8 Å². The molecule has 0 aliphatic rings. The summed E-state index contributed by atoms with van der Waals surface area (Å²) in [5.74, 6) is 0.551. The predicted octanol–water partition coefficient (Wildman–Crippen LogP) is 6.36. The number of nitrogens with zero attached hydrogens (tertiary/aromatic N) is 2. The molecule has 144 valence electrons. The first-order valence-corrected chi connectivity index (χ1v) is 10.0. The van der Waals surface area contributed by atoms with E-state index in [2.05, 4.69) is 0 Å². The van der Waals surface area contributed by atoms with Crippen molar-refractivity contribution in [3.63, 3.8) is 0 Å². The average Bonchev–Trinajstić information content (AvgIpc) is 2.78. The summed E-state index contributed by atoms with van der Waals surface area (Å²) in [4.78, 5) is 18.3. The molecule has 0 amide bonds. The number of halogens is 1. The fourth-order valence-corrected chi connectivity index (χ4v) is 3.87. The second-order valence-corrected chi connectivity index (χ2v) is 7.39. The largest absolute Gasteiger partial charge is 0.268 e. The van der Waals surface area contributed by atoms with Crippen molar-refractivity contribution in [1.82, 2.24) is 9.55 Å². The second kappa shape index (κ2) is 7.62. The highest BCUT2D eigenvalue weighted by atomic mass is 35.5. The maximum atomic E-state index is 13.5. The van der Waals surface area contributed by atoms with Crippen molar-refractivity contribution in [2.24, 2.45) is 0 Å². The summed E-state index contributed by atoms with van der Waals surface area (Å²) in [6.07, 6.45) is 3.73. The molecule has 0 N–H and O–H groups in total.